The van der Waals surface area contributed by atoms with E-state index in [0.717, 1.165) is 41.3 Å². The van der Waals surface area contributed by atoms with E-state index in [4.69, 9.17) is 0 Å². The summed E-state index contributed by atoms with van der Waals surface area (Å²) in [5.41, 5.74) is 2.67. The van der Waals surface area contributed by atoms with Gasteiger partial charge < -0.3 is 10.1 Å². The van der Waals surface area contributed by atoms with E-state index >= 15 is 0 Å². The van der Waals surface area contributed by atoms with Crippen molar-refractivity contribution in [3.8, 4) is 16.9 Å². The number of halogens is 6. The zero-order chi connectivity index (χ0) is 27.2. The number of benzene rings is 2. The number of pyridine rings is 1. The Hall–Kier alpha value is -3.89. The predicted octanol–water partition coefficient (Wildman–Crippen LogP) is 7.36. The number of aryl methyl sites for hydroxylation is 1. The van der Waals surface area contributed by atoms with E-state index < -0.39 is 36.2 Å². The Morgan fingerprint density at radius 3 is 2.42 bits per heavy atom. The molecular weight excluding hydrogens is 512 g/mol. The number of nitrogens with zero attached hydrogens (tertiary/aromatic N) is 2. The number of hydrogen-bond acceptors (Lipinski definition) is 4. The third-order valence-corrected chi connectivity index (χ3v) is 6.29. The number of carbonyl (C=O) groups is 1. The molecule has 2 aromatic carbocycles. The molecule has 1 saturated carbocycles. The van der Waals surface area contributed by atoms with Crippen molar-refractivity contribution in [2.24, 2.45) is 4.99 Å². The first kappa shape index (κ1) is 25.7. The minimum atomic E-state index is -5.02. The number of rotatable bonds is 5. The second-order valence-electron chi connectivity index (χ2n) is 9.33. The van der Waals surface area contributed by atoms with Crippen molar-refractivity contribution >= 4 is 23.0 Å². The largest absolute Gasteiger partial charge is 0.483 e. The molecule has 0 unspecified atom stereocenters. The zero-order valence-corrected chi connectivity index (χ0v) is 20.0. The minimum absolute atomic E-state index is 0.145. The zero-order valence-electron chi connectivity index (χ0n) is 20.0. The quantitative estimate of drug-likeness (QED) is 0.349. The van der Waals surface area contributed by atoms with Gasteiger partial charge in [0.25, 0.3) is 0 Å². The van der Waals surface area contributed by atoms with Crippen molar-refractivity contribution in [3.05, 3.63) is 71.0 Å². The van der Waals surface area contributed by atoms with Gasteiger partial charge in [-0.15, -0.1) is 0 Å². The number of amides is 1. The average Bonchev–Trinajstić information content (AvgIpc) is 3.68. The van der Waals surface area contributed by atoms with E-state index in [9.17, 15) is 31.1 Å². The van der Waals surface area contributed by atoms with Gasteiger partial charge in [-0.05, 0) is 54.7 Å². The first-order valence-electron chi connectivity index (χ1n) is 11.8. The molecule has 2 heterocycles. The summed E-state index contributed by atoms with van der Waals surface area (Å²) in [5.74, 6) is -1.15. The van der Waals surface area contributed by atoms with Crippen LogP contribution < -0.4 is 10.1 Å². The minimum Gasteiger partial charge on any atom is -0.483 e. The summed E-state index contributed by atoms with van der Waals surface area (Å²) < 4.78 is 83.3. The number of aromatic nitrogens is 1. The van der Waals surface area contributed by atoms with Gasteiger partial charge in [0.15, 0.2) is 6.61 Å². The number of carbonyl (C=O) groups excluding carboxylic acids is 1. The number of anilines is 1. The van der Waals surface area contributed by atoms with E-state index in [-0.39, 0.29) is 23.5 Å². The number of ether oxygens (including phenoxy) is 1. The van der Waals surface area contributed by atoms with E-state index in [1.165, 1.54) is 0 Å². The standard InChI is InChI=1S/C27H21F6N3O2/c1-14-7-20(15-5-6-15)34-12-18(14)16-3-2-4-17(8-16)21-11-25(37)36-22-9-19(27(31,32)33)24(10-23(22)35-21)38-13-26(28,29)30/h2-4,7-10,12,15H,5-6,11,13H2,1H3,(H,36,37). The molecule has 198 valence electrons. The molecule has 1 N–H and O–H groups in total. The molecule has 1 aliphatic carbocycles. The van der Waals surface area contributed by atoms with Crippen LogP contribution in [0.25, 0.3) is 11.1 Å². The second kappa shape index (κ2) is 9.45. The number of nitrogens with one attached hydrogen (secondary N) is 1. The van der Waals surface area contributed by atoms with Gasteiger partial charge in [-0.3, -0.25) is 9.78 Å². The van der Waals surface area contributed by atoms with Crippen molar-refractivity contribution in [1.82, 2.24) is 4.98 Å². The lowest BCUT2D eigenvalue weighted by Gasteiger charge is -2.17. The lowest BCUT2D eigenvalue weighted by Crippen LogP contribution is -2.21. The van der Waals surface area contributed by atoms with Crippen molar-refractivity contribution < 1.29 is 35.9 Å². The molecule has 5 nitrogen and oxygen atoms in total. The molecule has 1 aromatic heterocycles. The Bertz CT molecular complexity index is 1440. The van der Waals surface area contributed by atoms with E-state index in [1.54, 1.807) is 24.4 Å². The van der Waals surface area contributed by atoms with Crippen LogP contribution in [-0.4, -0.2) is 29.4 Å². The smallest absolute Gasteiger partial charge is 0.422 e. The molecule has 2 aliphatic rings. The second-order valence-corrected chi connectivity index (χ2v) is 9.33. The van der Waals surface area contributed by atoms with Crippen molar-refractivity contribution in [1.29, 1.82) is 0 Å². The number of hydrogen-bond donors (Lipinski definition) is 1. The first-order valence-corrected chi connectivity index (χ1v) is 11.8. The lowest BCUT2D eigenvalue weighted by atomic mass is 9.97. The molecule has 11 heteroatoms. The van der Waals surface area contributed by atoms with Gasteiger partial charge in [-0.1, -0.05) is 18.2 Å². The monoisotopic (exact) mass is 533 g/mol. The van der Waals surface area contributed by atoms with Crippen LogP contribution in [0.5, 0.6) is 5.75 Å². The molecule has 0 bridgehead atoms. The molecular formula is C27H21F6N3O2. The Balaban J connectivity index is 1.54. The maximum absolute atomic E-state index is 13.6. The molecule has 5 rings (SSSR count). The first-order chi connectivity index (χ1) is 17.9. The Kier molecular flexibility index (Phi) is 6.40. The summed E-state index contributed by atoms with van der Waals surface area (Å²) in [5, 5.41) is 2.37. The fourth-order valence-electron chi connectivity index (χ4n) is 4.31. The molecule has 0 radical (unpaired) electrons. The predicted molar refractivity (Wildman–Crippen MR) is 129 cm³/mol. The molecule has 1 fully saturated rings. The third kappa shape index (κ3) is 5.66. The van der Waals surface area contributed by atoms with Gasteiger partial charge in [0.1, 0.15) is 5.75 Å². The summed E-state index contributed by atoms with van der Waals surface area (Å²) in [6.45, 7) is 0.0654. The summed E-state index contributed by atoms with van der Waals surface area (Å²) >= 11 is 0. The van der Waals surface area contributed by atoms with Gasteiger partial charge in [0.2, 0.25) is 5.91 Å². The van der Waals surface area contributed by atoms with Gasteiger partial charge >= 0.3 is 12.4 Å². The van der Waals surface area contributed by atoms with Crippen LogP contribution in [0.4, 0.5) is 37.7 Å². The number of fused-ring (bicyclic) bond motifs is 1. The average molecular weight is 533 g/mol. The maximum atomic E-state index is 13.6. The maximum Gasteiger partial charge on any atom is 0.422 e. The summed E-state index contributed by atoms with van der Waals surface area (Å²) in [6.07, 6.45) is -6.08. The fraction of sp³-hybridized carbons (Fsp3) is 0.296. The van der Waals surface area contributed by atoms with Crippen LogP contribution in [0, 0.1) is 6.92 Å². The highest BCUT2D eigenvalue weighted by Crippen LogP contribution is 2.44. The highest BCUT2D eigenvalue weighted by Gasteiger charge is 2.38. The van der Waals surface area contributed by atoms with Crippen LogP contribution in [-0.2, 0) is 11.0 Å². The van der Waals surface area contributed by atoms with Gasteiger partial charge in [0.05, 0.1) is 29.1 Å². The van der Waals surface area contributed by atoms with Crippen LogP contribution in [0.15, 0.2) is 53.7 Å². The van der Waals surface area contributed by atoms with Crippen LogP contribution in [0.2, 0.25) is 0 Å². The molecule has 0 saturated heterocycles. The van der Waals surface area contributed by atoms with E-state index in [1.807, 2.05) is 19.1 Å². The summed E-state index contributed by atoms with van der Waals surface area (Å²) in [6, 6.07) is 10.5. The Morgan fingerprint density at radius 2 is 1.76 bits per heavy atom. The van der Waals surface area contributed by atoms with Crippen LogP contribution >= 0.6 is 0 Å². The summed E-state index contributed by atoms with van der Waals surface area (Å²) in [4.78, 5) is 21.5. The number of alkyl halides is 6. The Labute approximate surface area is 213 Å². The number of aliphatic imine (C=N–C) groups is 1. The summed E-state index contributed by atoms with van der Waals surface area (Å²) in [7, 11) is 0. The lowest BCUT2D eigenvalue weighted by molar-refractivity contribution is -0.158. The van der Waals surface area contributed by atoms with Gasteiger partial charge in [-0.25, -0.2) is 4.99 Å². The normalized spacial score (nSPS) is 15.9. The highest BCUT2D eigenvalue weighted by atomic mass is 19.4. The van der Waals surface area contributed by atoms with Gasteiger partial charge in [0, 0.05) is 29.4 Å². The molecule has 0 atom stereocenters. The molecule has 3 aromatic rings. The van der Waals surface area contributed by atoms with Crippen molar-refractivity contribution in [2.75, 3.05) is 11.9 Å². The molecule has 1 aliphatic heterocycles. The van der Waals surface area contributed by atoms with Crippen molar-refractivity contribution in [2.45, 2.75) is 44.5 Å². The molecule has 1 amide bonds. The molecule has 0 spiro atoms. The highest BCUT2D eigenvalue weighted by molar-refractivity contribution is 6.17. The third-order valence-electron chi connectivity index (χ3n) is 6.29. The van der Waals surface area contributed by atoms with Gasteiger partial charge in [-0.2, -0.15) is 26.3 Å². The van der Waals surface area contributed by atoms with E-state index in [0.29, 0.717) is 17.5 Å². The molecule has 38 heavy (non-hydrogen) atoms. The topological polar surface area (TPSA) is 63.6 Å². The Morgan fingerprint density at radius 1 is 1.03 bits per heavy atom. The SMILES string of the molecule is Cc1cc(C2CC2)ncc1-c1cccc(C2=Nc3cc(OCC(F)(F)F)c(C(F)(F)F)cc3NC(=O)C2)c1. The van der Waals surface area contributed by atoms with E-state index in [2.05, 4.69) is 20.0 Å². The van der Waals surface area contributed by atoms with Crippen LogP contribution in [0.3, 0.4) is 0 Å². The fourth-order valence-corrected chi connectivity index (χ4v) is 4.31. The van der Waals surface area contributed by atoms with Crippen molar-refractivity contribution in [3.63, 3.8) is 0 Å². The van der Waals surface area contributed by atoms with Crippen LogP contribution in [0.1, 0.15) is 47.6 Å².